The second-order valence-corrected chi connectivity index (χ2v) is 9.66. The quantitative estimate of drug-likeness (QED) is 0.449. The Kier molecular flexibility index (Phi) is 10.1. The molecule has 1 heterocycles. The summed E-state index contributed by atoms with van der Waals surface area (Å²) in [6, 6.07) is 5.27. The molecule has 2 unspecified atom stereocenters. The van der Waals surface area contributed by atoms with Crippen molar-refractivity contribution in [3.05, 3.63) is 29.6 Å². The summed E-state index contributed by atoms with van der Waals surface area (Å²) in [6.45, 7) is 16.3. The fraction of sp³-hybridized carbons (Fsp3) is 0.760. The number of nitrogens with one attached hydrogen (secondary N) is 1. The third kappa shape index (κ3) is 8.52. The Labute approximate surface area is 183 Å². The Hall–Kier alpha value is -1.17. The first-order valence-corrected chi connectivity index (χ1v) is 11.8. The zero-order valence-corrected chi connectivity index (χ0v) is 20.0. The van der Waals surface area contributed by atoms with Crippen molar-refractivity contribution in [2.75, 3.05) is 26.2 Å². The molecular formula is C25H43FN2O2. The van der Waals surface area contributed by atoms with E-state index in [1.807, 2.05) is 19.1 Å². The number of halogens is 1. The van der Waals surface area contributed by atoms with Gasteiger partial charge in [-0.1, -0.05) is 13.0 Å². The summed E-state index contributed by atoms with van der Waals surface area (Å²) in [5.41, 5.74) is 0.599. The maximum absolute atomic E-state index is 14.4. The predicted molar refractivity (Wildman–Crippen MR) is 122 cm³/mol. The largest absolute Gasteiger partial charge is 0.493 e. The first-order valence-electron chi connectivity index (χ1n) is 11.8. The summed E-state index contributed by atoms with van der Waals surface area (Å²) in [4.78, 5) is 2.44. The van der Waals surface area contributed by atoms with Crippen molar-refractivity contribution in [1.82, 2.24) is 10.2 Å². The normalized spacial score (nSPS) is 18.4. The lowest BCUT2D eigenvalue weighted by Gasteiger charge is -2.38. The highest BCUT2D eigenvalue weighted by Gasteiger charge is 2.25. The lowest BCUT2D eigenvalue weighted by Crippen LogP contribution is -2.44. The Morgan fingerprint density at radius 1 is 1.20 bits per heavy atom. The van der Waals surface area contributed by atoms with Crippen LogP contribution in [0.15, 0.2) is 18.2 Å². The number of hydrogen-bond acceptors (Lipinski definition) is 4. The molecule has 2 rings (SSSR count). The zero-order valence-electron chi connectivity index (χ0n) is 20.0. The first kappa shape index (κ1) is 25.1. The number of ether oxygens (including phenoxy) is 2. The minimum absolute atomic E-state index is 0.0152. The van der Waals surface area contributed by atoms with E-state index in [0.29, 0.717) is 17.9 Å². The number of benzene rings is 1. The maximum Gasteiger partial charge on any atom is 0.131 e. The van der Waals surface area contributed by atoms with E-state index < -0.39 is 0 Å². The molecule has 0 aliphatic carbocycles. The molecular weight excluding hydrogens is 379 g/mol. The number of piperidine rings is 1. The van der Waals surface area contributed by atoms with Gasteiger partial charge in [0, 0.05) is 30.8 Å². The van der Waals surface area contributed by atoms with E-state index >= 15 is 0 Å². The summed E-state index contributed by atoms with van der Waals surface area (Å²) in [5.74, 6) is 1.18. The smallest absolute Gasteiger partial charge is 0.131 e. The van der Waals surface area contributed by atoms with E-state index in [2.05, 4.69) is 44.8 Å². The Morgan fingerprint density at radius 3 is 2.50 bits per heavy atom. The highest BCUT2D eigenvalue weighted by Crippen LogP contribution is 2.26. The van der Waals surface area contributed by atoms with Crippen molar-refractivity contribution in [1.29, 1.82) is 0 Å². The minimum Gasteiger partial charge on any atom is -0.493 e. The summed E-state index contributed by atoms with van der Waals surface area (Å²) >= 11 is 0. The molecule has 1 N–H and O–H groups in total. The molecule has 172 valence electrons. The predicted octanol–water partition coefficient (Wildman–Crippen LogP) is 5.92. The SMILES string of the molecule is CCCNC(C)c1ccc(OCCCC2CCN(C(C)OC(C)(C)C)CC2)cc1F. The molecule has 4 nitrogen and oxygen atoms in total. The van der Waals surface area contributed by atoms with Crippen molar-refractivity contribution >= 4 is 0 Å². The minimum atomic E-state index is -0.192. The van der Waals surface area contributed by atoms with Crippen molar-refractivity contribution in [2.45, 2.75) is 91.5 Å². The standard InChI is InChI=1S/C25H43FN2O2/c1-7-14-27-19(2)23-11-10-22(18-24(23)26)29-17-8-9-21-12-15-28(16-13-21)20(3)30-25(4,5)6/h10-11,18-21,27H,7-9,12-17H2,1-6H3. The van der Waals surface area contributed by atoms with Gasteiger partial charge in [-0.15, -0.1) is 0 Å². The number of likely N-dealkylation sites (tertiary alicyclic amines) is 1. The van der Waals surface area contributed by atoms with Gasteiger partial charge in [0.15, 0.2) is 0 Å². The van der Waals surface area contributed by atoms with Crippen LogP contribution in [-0.4, -0.2) is 43.0 Å². The number of rotatable bonds is 11. The van der Waals surface area contributed by atoms with Gasteiger partial charge in [-0.05, 0) is 85.3 Å². The number of hydrogen-bond donors (Lipinski definition) is 1. The molecule has 1 saturated heterocycles. The molecule has 1 fully saturated rings. The summed E-state index contributed by atoms with van der Waals surface area (Å²) < 4.78 is 26.3. The van der Waals surface area contributed by atoms with Gasteiger partial charge in [0.2, 0.25) is 0 Å². The fourth-order valence-electron chi connectivity index (χ4n) is 4.17. The first-order chi connectivity index (χ1) is 14.2. The fourth-order valence-corrected chi connectivity index (χ4v) is 4.17. The monoisotopic (exact) mass is 422 g/mol. The van der Waals surface area contributed by atoms with Crippen LogP contribution in [0.2, 0.25) is 0 Å². The summed E-state index contributed by atoms with van der Waals surface area (Å²) in [5, 5.41) is 3.33. The molecule has 1 aromatic rings. The molecule has 0 bridgehead atoms. The summed E-state index contributed by atoms with van der Waals surface area (Å²) in [7, 11) is 0. The third-order valence-electron chi connectivity index (χ3n) is 5.85. The Balaban J connectivity index is 1.67. The molecule has 0 spiro atoms. The maximum atomic E-state index is 14.4. The molecule has 1 aliphatic heterocycles. The molecule has 0 saturated carbocycles. The van der Waals surface area contributed by atoms with Gasteiger partial charge in [0.05, 0.1) is 12.2 Å². The molecule has 2 atom stereocenters. The lowest BCUT2D eigenvalue weighted by atomic mass is 9.92. The molecule has 30 heavy (non-hydrogen) atoms. The van der Waals surface area contributed by atoms with Gasteiger partial charge >= 0.3 is 0 Å². The highest BCUT2D eigenvalue weighted by molar-refractivity contribution is 5.30. The molecule has 1 aliphatic rings. The van der Waals surface area contributed by atoms with Crippen LogP contribution in [0, 0.1) is 11.7 Å². The van der Waals surface area contributed by atoms with E-state index in [-0.39, 0.29) is 23.7 Å². The van der Waals surface area contributed by atoms with Gasteiger partial charge < -0.3 is 14.8 Å². The van der Waals surface area contributed by atoms with E-state index in [0.717, 1.165) is 38.4 Å². The molecule has 5 heteroatoms. The number of nitrogens with zero attached hydrogens (tertiary/aromatic N) is 1. The molecule has 1 aromatic carbocycles. The second kappa shape index (κ2) is 12.0. The second-order valence-electron chi connectivity index (χ2n) is 9.66. The van der Waals surface area contributed by atoms with Crippen LogP contribution in [-0.2, 0) is 4.74 Å². The van der Waals surface area contributed by atoms with Gasteiger partial charge in [-0.2, -0.15) is 0 Å². The third-order valence-corrected chi connectivity index (χ3v) is 5.85. The van der Waals surface area contributed by atoms with Crippen molar-refractivity contribution in [3.63, 3.8) is 0 Å². The van der Waals surface area contributed by atoms with E-state index in [9.17, 15) is 4.39 Å². The lowest BCUT2D eigenvalue weighted by molar-refractivity contribution is -0.130. The Bertz CT molecular complexity index is 624. The molecule has 0 radical (unpaired) electrons. The van der Waals surface area contributed by atoms with Crippen molar-refractivity contribution < 1.29 is 13.9 Å². The van der Waals surface area contributed by atoms with E-state index in [4.69, 9.17) is 9.47 Å². The zero-order chi connectivity index (χ0) is 22.1. The van der Waals surface area contributed by atoms with E-state index in [1.54, 1.807) is 0 Å². The van der Waals surface area contributed by atoms with Crippen LogP contribution < -0.4 is 10.1 Å². The van der Waals surface area contributed by atoms with Crippen LogP contribution in [0.1, 0.15) is 85.3 Å². The van der Waals surface area contributed by atoms with Crippen LogP contribution in [0.5, 0.6) is 5.75 Å². The average molecular weight is 423 g/mol. The van der Waals surface area contributed by atoms with Crippen LogP contribution >= 0.6 is 0 Å². The van der Waals surface area contributed by atoms with Gasteiger partial charge in [0.1, 0.15) is 17.8 Å². The molecule has 0 aromatic heterocycles. The van der Waals surface area contributed by atoms with Gasteiger partial charge in [0.25, 0.3) is 0 Å². The Morgan fingerprint density at radius 2 is 1.90 bits per heavy atom. The topological polar surface area (TPSA) is 33.7 Å². The van der Waals surface area contributed by atoms with Crippen LogP contribution in [0.4, 0.5) is 4.39 Å². The molecule has 0 amide bonds. The van der Waals surface area contributed by atoms with E-state index in [1.165, 1.54) is 25.3 Å². The van der Waals surface area contributed by atoms with Gasteiger partial charge in [-0.3, -0.25) is 4.90 Å². The average Bonchev–Trinajstić information content (AvgIpc) is 2.68. The van der Waals surface area contributed by atoms with Gasteiger partial charge in [-0.25, -0.2) is 4.39 Å². The summed E-state index contributed by atoms with van der Waals surface area (Å²) in [6.07, 6.45) is 5.81. The van der Waals surface area contributed by atoms with Crippen LogP contribution in [0.3, 0.4) is 0 Å². The van der Waals surface area contributed by atoms with Crippen molar-refractivity contribution in [2.24, 2.45) is 5.92 Å². The van der Waals surface area contributed by atoms with Crippen molar-refractivity contribution in [3.8, 4) is 5.75 Å². The van der Waals surface area contributed by atoms with Crippen LogP contribution in [0.25, 0.3) is 0 Å². The highest BCUT2D eigenvalue weighted by atomic mass is 19.1.